The third kappa shape index (κ3) is 8.34. The summed E-state index contributed by atoms with van der Waals surface area (Å²) >= 11 is 2.13. The largest absolute Gasteiger partial charge is 0.508 e. The highest BCUT2D eigenvalue weighted by molar-refractivity contribution is 14.1. The van der Waals surface area contributed by atoms with E-state index < -0.39 is 12.2 Å². The second kappa shape index (κ2) is 13.6. The summed E-state index contributed by atoms with van der Waals surface area (Å²) < 4.78 is 6.67. The maximum atomic E-state index is 12.8. The van der Waals surface area contributed by atoms with Crippen LogP contribution in [0.25, 0.3) is 0 Å². The minimum absolute atomic E-state index is 0.0243. The number of para-hydroxylation sites is 2. The van der Waals surface area contributed by atoms with E-state index in [4.69, 9.17) is 10.5 Å². The molecule has 38 heavy (non-hydrogen) atoms. The first-order valence-corrected chi connectivity index (χ1v) is 13.1. The van der Waals surface area contributed by atoms with Crippen molar-refractivity contribution in [2.45, 2.75) is 32.8 Å². The van der Waals surface area contributed by atoms with Crippen molar-refractivity contribution in [3.8, 4) is 5.75 Å². The van der Waals surface area contributed by atoms with E-state index in [9.17, 15) is 19.5 Å². The topological polar surface area (TPSA) is 131 Å². The Labute approximate surface area is 235 Å². The molecule has 3 aromatic rings. The fraction of sp³-hybridized carbons (Fsp3) is 0.207. The molecule has 0 bridgehead atoms. The van der Waals surface area contributed by atoms with Crippen LogP contribution >= 0.6 is 22.6 Å². The number of phenols is 1. The van der Waals surface area contributed by atoms with Crippen molar-refractivity contribution in [3.05, 3.63) is 93.6 Å². The van der Waals surface area contributed by atoms with Gasteiger partial charge in [-0.05, 0) is 109 Å². The highest BCUT2D eigenvalue weighted by atomic mass is 127. The van der Waals surface area contributed by atoms with Crippen LogP contribution < -0.4 is 16.4 Å². The fourth-order valence-electron chi connectivity index (χ4n) is 3.78. The number of aromatic hydroxyl groups is 1. The van der Waals surface area contributed by atoms with Gasteiger partial charge in [-0.25, -0.2) is 4.79 Å². The maximum Gasteiger partial charge on any atom is 0.412 e. The molecule has 2 amide bonds. The first kappa shape index (κ1) is 28.7. The summed E-state index contributed by atoms with van der Waals surface area (Å²) in [7, 11) is 0. The maximum absolute atomic E-state index is 12.8. The van der Waals surface area contributed by atoms with Crippen LogP contribution in [0.2, 0.25) is 0 Å². The molecule has 2 atom stereocenters. The number of carbonyl (C=O) groups excluding carboxylic acids is 3. The minimum atomic E-state index is -0.743. The van der Waals surface area contributed by atoms with Crippen LogP contribution in [-0.2, 0) is 9.53 Å². The smallest absolute Gasteiger partial charge is 0.412 e. The van der Waals surface area contributed by atoms with Gasteiger partial charge in [0.2, 0.25) is 5.91 Å². The SMILES string of the molecule is CC(=O)c1ccc(NC(=O)O[C@H](c2cc(I)ccc2O)[C@H](C)CC/C=C/C(=O)Nc2ccccc2N)cc1. The highest BCUT2D eigenvalue weighted by Crippen LogP contribution is 2.36. The molecule has 0 fully saturated rings. The van der Waals surface area contributed by atoms with E-state index in [1.165, 1.54) is 13.0 Å². The van der Waals surface area contributed by atoms with E-state index in [1.807, 2.05) is 6.92 Å². The van der Waals surface area contributed by atoms with Crippen LogP contribution in [-0.4, -0.2) is 22.9 Å². The molecule has 0 aliphatic heterocycles. The van der Waals surface area contributed by atoms with Crippen molar-refractivity contribution < 1.29 is 24.2 Å². The van der Waals surface area contributed by atoms with Gasteiger partial charge >= 0.3 is 6.09 Å². The molecule has 0 saturated carbocycles. The highest BCUT2D eigenvalue weighted by Gasteiger charge is 2.26. The van der Waals surface area contributed by atoms with E-state index in [0.29, 0.717) is 41.0 Å². The van der Waals surface area contributed by atoms with Gasteiger partial charge < -0.3 is 20.9 Å². The number of ether oxygens (including phenoxy) is 1. The molecule has 0 radical (unpaired) electrons. The van der Waals surface area contributed by atoms with Gasteiger partial charge in [0.1, 0.15) is 11.9 Å². The number of nitrogens with one attached hydrogen (secondary N) is 2. The standard InChI is InChI=1S/C29H30IN3O5/c1-18(7-3-6-10-27(36)33-25-9-5-4-8-24(25)31)28(23-17-21(30)13-16-26(23)35)38-29(37)32-22-14-11-20(12-15-22)19(2)34/h4-6,8-18,28,35H,3,7,31H2,1-2H3,(H,32,37)(H,33,36)/b10-6+/t18-,28+/m1/s1. The van der Waals surface area contributed by atoms with Crippen LogP contribution in [0.3, 0.4) is 0 Å². The number of carbonyl (C=O) groups is 3. The molecule has 8 nitrogen and oxygen atoms in total. The predicted octanol–water partition coefficient (Wildman–Crippen LogP) is 6.68. The molecule has 0 aliphatic rings. The Hall–Kier alpha value is -3.86. The van der Waals surface area contributed by atoms with Gasteiger partial charge in [0.05, 0.1) is 11.4 Å². The van der Waals surface area contributed by atoms with Crippen molar-refractivity contribution in [3.63, 3.8) is 0 Å². The number of nitrogens with two attached hydrogens (primary N) is 1. The number of hydrogen-bond donors (Lipinski definition) is 4. The van der Waals surface area contributed by atoms with Crippen LogP contribution in [0.15, 0.2) is 78.9 Å². The lowest BCUT2D eigenvalue weighted by molar-refractivity contribution is -0.111. The summed E-state index contributed by atoms with van der Waals surface area (Å²) in [5.74, 6) is -0.537. The number of anilines is 3. The summed E-state index contributed by atoms with van der Waals surface area (Å²) in [6.07, 6.45) is 2.87. The summed E-state index contributed by atoms with van der Waals surface area (Å²) in [5.41, 5.74) is 8.39. The van der Waals surface area contributed by atoms with Crippen LogP contribution in [0.5, 0.6) is 5.75 Å². The lowest BCUT2D eigenvalue weighted by Gasteiger charge is -2.25. The normalized spacial score (nSPS) is 12.5. The lowest BCUT2D eigenvalue weighted by Crippen LogP contribution is -2.22. The average molecular weight is 627 g/mol. The average Bonchev–Trinajstić information content (AvgIpc) is 2.88. The lowest BCUT2D eigenvalue weighted by atomic mass is 9.92. The third-order valence-electron chi connectivity index (χ3n) is 5.86. The number of hydrogen-bond acceptors (Lipinski definition) is 6. The second-order valence-corrected chi connectivity index (χ2v) is 10.1. The number of amides is 2. The second-order valence-electron chi connectivity index (χ2n) is 8.82. The summed E-state index contributed by atoms with van der Waals surface area (Å²) in [5, 5.41) is 15.9. The fourth-order valence-corrected chi connectivity index (χ4v) is 4.29. The van der Waals surface area contributed by atoms with Gasteiger partial charge in [-0.3, -0.25) is 14.9 Å². The van der Waals surface area contributed by atoms with Gasteiger partial charge in [0.25, 0.3) is 0 Å². The summed E-state index contributed by atoms with van der Waals surface area (Å²) in [6, 6.07) is 18.6. The number of nitrogen functional groups attached to an aromatic ring is 1. The molecule has 3 aromatic carbocycles. The third-order valence-corrected chi connectivity index (χ3v) is 6.53. The molecule has 0 aromatic heterocycles. The van der Waals surface area contributed by atoms with Gasteiger partial charge in [0, 0.05) is 20.4 Å². The molecule has 5 N–H and O–H groups in total. The molecule has 0 saturated heterocycles. The number of Topliss-reactive ketones (excluding diaryl/α,β-unsaturated/α-hetero) is 1. The Bertz CT molecular complexity index is 1320. The van der Waals surface area contributed by atoms with E-state index in [2.05, 4.69) is 33.2 Å². The number of rotatable bonds is 10. The minimum Gasteiger partial charge on any atom is -0.508 e. The van der Waals surface area contributed by atoms with Gasteiger partial charge in [0.15, 0.2) is 5.78 Å². The zero-order valence-corrected chi connectivity index (χ0v) is 23.3. The monoisotopic (exact) mass is 627 g/mol. The van der Waals surface area contributed by atoms with Gasteiger partial charge in [-0.1, -0.05) is 25.1 Å². The number of halogens is 1. The van der Waals surface area contributed by atoms with Crippen LogP contribution in [0.1, 0.15) is 48.7 Å². The Kier molecular flexibility index (Phi) is 10.3. The summed E-state index contributed by atoms with van der Waals surface area (Å²) in [4.78, 5) is 36.5. The van der Waals surface area contributed by atoms with Crippen molar-refractivity contribution in [1.82, 2.24) is 0 Å². The van der Waals surface area contributed by atoms with Gasteiger partial charge in [-0.2, -0.15) is 0 Å². The van der Waals surface area contributed by atoms with Crippen molar-refractivity contribution in [2.24, 2.45) is 5.92 Å². The van der Waals surface area contributed by atoms with E-state index in [0.717, 1.165) is 3.57 Å². The van der Waals surface area contributed by atoms with Crippen molar-refractivity contribution >= 4 is 57.4 Å². The number of phenolic OH excluding ortho intramolecular Hbond substituents is 1. The molecule has 9 heteroatoms. The first-order valence-electron chi connectivity index (χ1n) is 12.0. The van der Waals surface area contributed by atoms with Gasteiger partial charge in [-0.15, -0.1) is 0 Å². The Balaban J connectivity index is 1.66. The zero-order chi connectivity index (χ0) is 27.7. The van der Waals surface area contributed by atoms with Crippen LogP contribution in [0.4, 0.5) is 21.9 Å². The first-order chi connectivity index (χ1) is 18.1. The molecule has 3 rings (SSSR count). The Morgan fingerprint density at radius 1 is 1.05 bits per heavy atom. The molecule has 0 unspecified atom stereocenters. The van der Waals surface area contributed by atoms with E-state index >= 15 is 0 Å². The Morgan fingerprint density at radius 2 is 1.76 bits per heavy atom. The van der Waals surface area contributed by atoms with Crippen molar-refractivity contribution in [2.75, 3.05) is 16.4 Å². The number of allylic oxidation sites excluding steroid dienone is 1. The van der Waals surface area contributed by atoms with Crippen LogP contribution in [0, 0.1) is 9.49 Å². The predicted molar refractivity (Wildman–Crippen MR) is 157 cm³/mol. The molecule has 0 spiro atoms. The molecular weight excluding hydrogens is 597 g/mol. The van der Waals surface area contributed by atoms with Crippen molar-refractivity contribution in [1.29, 1.82) is 0 Å². The van der Waals surface area contributed by atoms with E-state index in [-0.39, 0.29) is 23.4 Å². The molecule has 198 valence electrons. The zero-order valence-electron chi connectivity index (χ0n) is 21.1. The molecule has 0 aliphatic carbocycles. The molecular formula is C29H30IN3O5. The number of ketones is 1. The Morgan fingerprint density at radius 3 is 2.45 bits per heavy atom. The molecule has 0 heterocycles. The van der Waals surface area contributed by atoms with E-state index in [1.54, 1.807) is 72.8 Å². The summed E-state index contributed by atoms with van der Waals surface area (Å²) in [6.45, 7) is 3.38. The number of benzene rings is 3. The quantitative estimate of drug-likeness (QED) is 0.0859.